The van der Waals surface area contributed by atoms with Gasteiger partial charge in [-0.05, 0) is 48.3 Å². The van der Waals surface area contributed by atoms with Crippen LogP contribution in [-0.2, 0) is 10.0 Å². The molecular weight excluding hydrogens is 351 g/mol. The van der Waals surface area contributed by atoms with Crippen LogP contribution in [0, 0.1) is 5.82 Å². The van der Waals surface area contributed by atoms with Gasteiger partial charge in [0.15, 0.2) is 0 Å². The topological polar surface area (TPSA) is 89.3 Å². The van der Waals surface area contributed by atoms with Gasteiger partial charge in [0.05, 0.1) is 5.56 Å². The van der Waals surface area contributed by atoms with Gasteiger partial charge in [0, 0.05) is 10.0 Å². The predicted octanol–water partition coefficient (Wildman–Crippen LogP) is 2.15. The average Bonchev–Trinajstić information content (AvgIpc) is 2.26. The molecule has 1 rings (SSSR count). The largest absolute Gasteiger partial charge is 0.347 e. The molecule has 0 saturated carbocycles. The smallest absolute Gasteiger partial charge is 0.252 e. The van der Waals surface area contributed by atoms with E-state index in [-0.39, 0.29) is 10.0 Å². The highest BCUT2D eigenvalue weighted by atomic mass is 79.9. The number of primary sulfonamides is 1. The van der Waals surface area contributed by atoms with Crippen LogP contribution in [-0.4, -0.2) is 19.9 Å². The molecule has 0 spiro atoms. The van der Waals surface area contributed by atoms with E-state index in [1.54, 1.807) is 0 Å². The van der Waals surface area contributed by atoms with E-state index >= 15 is 0 Å². The van der Waals surface area contributed by atoms with E-state index in [9.17, 15) is 17.6 Å². The van der Waals surface area contributed by atoms with E-state index in [2.05, 4.69) is 21.2 Å². The Morgan fingerprint density at radius 2 is 2.00 bits per heavy atom. The first-order valence-corrected chi connectivity index (χ1v) is 8.16. The third-order valence-corrected chi connectivity index (χ3v) is 4.49. The van der Waals surface area contributed by atoms with Crippen LogP contribution in [0.25, 0.3) is 0 Å². The molecule has 5 nitrogen and oxygen atoms in total. The SMILES string of the molecule is CCC(C)(C)NC(=O)c1cc(S(N)(=O)=O)c(F)cc1Br. The van der Waals surface area contributed by atoms with Crippen LogP contribution in [0.2, 0.25) is 0 Å². The van der Waals surface area contributed by atoms with Gasteiger partial charge in [-0.25, -0.2) is 17.9 Å². The first-order chi connectivity index (χ1) is 8.98. The maximum Gasteiger partial charge on any atom is 0.252 e. The summed E-state index contributed by atoms with van der Waals surface area (Å²) in [6.07, 6.45) is 0.680. The van der Waals surface area contributed by atoms with Crippen molar-refractivity contribution in [3.8, 4) is 0 Å². The highest BCUT2D eigenvalue weighted by Crippen LogP contribution is 2.24. The Hall–Kier alpha value is -0.990. The quantitative estimate of drug-likeness (QED) is 0.855. The van der Waals surface area contributed by atoms with Gasteiger partial charge in [-0.2, -0.15) is 0 Å². The van der Waals surface area contributed by atoms with Crippen LogP contribution in [0.3, 0.4) is 0 Å². The standard InChI is InChI=1S/C12H16BrFN2O3S/c1-4-12(2,3)16-11(17)7-5-10(20(15,18)19)9(14)6-8(7)13/h5-6H,4H2,1-3H3,(H,16,17)(H2,15,18,19). The number of rotatable bonds is 4. The molecule has 3 N–H and O–H groups in total. The molecule has 112 valence electrons. The van der Waals surface area contributed by atoms with Crippen molar-refractivity contribution in [3.63, 3.8) is 0 Å². The van der Waals surface area contributed by atoms with Gasteiger partial charge >= 0.3 is 0 Å². The number of nitrogens with two attached hydrogens (primary N) is 1. The Labute approximate surface area is 125 Å². The first kappa shape index (κ1) is 17.1. The second-order valence-corrected chi connectivity index (χ2v) is 7.38. The highest BCUT2D eigenvalue weighted by molar-refractivity contribution is 9.10. The second-order valence-electron chi connectivity index (χ2n) is 5.00. The van der Waals surface area contributed by atoms with Gasteiger partial charge in [-0.15, -0.1) is 0 Å². The molecular formula is C12H16BrFN2O3S. The summed E-state index contributed by atoms with van der Waals surface area (Å²) < 4.78 is 36.3. The summed E-state index contributed by atoms with van der Waals surface area (Å²) in [7, 11) is -4.23. The molecule has 1 amide bonds. The van der Waals surface area contributed by atoms with Crippen LogP contribution in [0.4, 0.5) is 4.39 Å². The molecule has 0 fully saturated rings. The number of amides is 1. The molecule has 8 heteroatoms. The molecule has 0 aliphatic carbocycles. The monoisotopic (exact) mass is 366 g/mol. The van der Waals surface area contributed by atoms with Crippen molar-refractivity contribution >= 4 is 31.9 Å². The predicted molar refractivity (Wildman–Crippen MR) is 77.3 cm³/mol. The Bertz CT molecular complexity index is 644. The molecule has 0 saturated heterocycles. The molecule has 1 aromatic rings. The van der Waals surface area contributed by atoms with Crippen molar-refractivity contribution in [1.82, 2.24) is 5.32 Å². The van der Waals surface area contributed by atoms with Crippen LogP contribution in [0.5, 0.6) is 0 Å². The lowest BCUT2D eigenvalue weighted by molar-refractivity contribution is 0.0910. The van der Waals surface area contributed by atoms with Crippen molar-refractivity contribution in [2.45, 2.75) is 37.6 Å². The van der Waals surface area contributed by atoms with Crippen LogP contribution >= 0.6 is 15.9 Å². The van der Waals surface area contributed by atoms with Gasteiger partial charge in [-0.1, -0.05) is 6.92 Å². The minimum absolute atomic E-state index is 0.0111. The van der Waals surface area contributed by atoms with E-state index in [0.29, 0.717) is 6.42 Å². The van der Waals surface area contributed by atoms with Crippen molar-refractivity contribution in [2.75, 3.05) is 0 Å². The number of carbonyl (C=O) groups is 1. The average molecular weight is 367 g/mol. The van der Waals surface area contributed by atoms with Gasteiger partial charge in [0.1, 0.15) is 10.7 Å². The summed E-state index contributed by atoms with van der Waals surface area (Å²) >= 11 is 3.04. The third-order valence-electron chi connectivity index (χ3n) is 2.91. The second kappa shape index (κ2) is 5.79. The Kier molecular flexibility index (Phi) is 4.94. The van der Waals surface area contributed by atoms with Gasteiger partial charge in [-0.3, -0.25) is 4.79 Å². The zero-order chi connectivity index (χ0) is 15.7. The maximum atomic E-state index is 13.6. The van der Waals surface area contributed by atoms with E-state index in [1.165, 1.54) is 0 Å². The fourth-order valence-corrected chi connectivity index (χ4v) is 2.49. The fraction of sp³-hybridized carbons (Fsp3) is 0.417. The van der Waals surface area contributed by atoms with E-state index in [4.69, 9.17) is 5.14 Å². The minimum atomic E-state index is -4.23. The minimum Gasteiger partial charge on any atom is -0.347 e. The molecule has 0 aliphatic rings. The number of nitrogens with one attached hydrogen (secondary N) is 1. The summed E-state index contributed by atoms with van der Waals surface area (Å²) in [5.74, 6) is -1.51. The van der Waals surface area contributed by atoms with Gasteiger partial charge < -0.3 is 5.32 Å². The maximum absolute atomic E-state index is 13.6. The summed E-state index contributed by atoms with van der Waals surface area (Å²) in [5.41, 5.74) is -0.455. The van der Waals surface area contributed by atoms with Gasteiger partial charge in [0.2, 0.25) is 10.0 Å². The summed E-state index contributed by atoms with van der Waals surface area (Å²) in [6, 6.07) is 1.84. The van der Waals surface area contributed by atoms with E-state index in [0.717, 1.165) is 12.1 Å². The van der Waals surface area contributed by atoms with Crippen molar-refractivity contribution in [1.29, 1.82) is 0 Å². The number of hydrogen-bond acceptors (Lipinski definition) is 3. The zero-order valence-corrected chi connectivity index (χ0v) is 13.7. The van der Waals surface area contributed by atoms with Crippen LogP contribution in [0.1, 0.15) is 37.6 Å². The summed E-state index contributed by atoms with van der Waals surface area (Å²) in [6.45, 7) is 5.54. The Morgan fingerprint density at radius 1 is 1.45 bits per heavy atom. The van der Waals surface area contributed by atoms with Crippen molar-refractivity contribution < 1.29 is 17.6 Å². The van der Waals surface area contributed by atoms with Crippen molar-refractivity contribution in [3.05, 3.63) is 28.0 Å². The lowest BCUT2D eigenvalue weighted by atomic mass is 10.0. The highest BCUT2D eigenvalue weighted by Gasteiger charge is 2.24. The Morgan fingerprint density at radius 3 is 2.45 bits per heavy atom. The fourth-order valence-electron chi connectivity index (χ4n) is 1.38. The molecule has 0 atom stereocenters. The van der Waals surface area contributed by atoms with Crippen molar-refractivity contribution in [2.24, 2.45) is 5.14 Å². The molecule has 1 aromatic carbocycles. The molecule has 0 heterocycles. The van der Waals surface area contributed by atoms with E-state index in [1.807, 2.05) is 20.8 Å². The molecule has 0 aromatic heterocycles. The van der Waals surface area contributed by atoms with Gasteiger partial charge in [0.25, 0.3) is 5.91 Å². The Balaban J connectivity index is 3.30. The molecule has 0 bridgehead atoms. The number of benzene rings is 1. The lowest BCUT2D eigenvalue weighted by Gasteiger charge is -2.24. The number of sulfonamides is 1. The van der Waals surface area contributed by atoms with E-state index < -0.39 is 32.2 Å². The number of carbonyl (C=O) groups excluding carboxylic acids is 1. The normalized spacial score (nSPS) is 12.3. The molecule has 0 aliphatic heterocycles. The third kappa shape index (κ3) is 4.00. The summed E-state index contributed by atoms with van der Waals surface area (Å²) in [4.78, 5) is 11.4. The number of hydrogen-bond donors (Lipinski definition) is 2. The lowest BCUT2D eigenvalue weighted by Crippen LogP contribution is -2.43. The van der Waals surface area contributed by atoms with Crippen LogP contribution in [0.15, 0.2) is 21.5 Å². The molecule has 20 heavy (non-hydrogen) atoms. The number of halogens is 2. The molecule has 0 radical (unpaired) electrons. The zero-order valence-electron chi connectivity index (χ0n) is 11.3. The molecule has 0 unspecified atom stereocenters. The first-order valence-electron chi connectivity index (χ1n) is 5.82. The van der Waals surface area contributed by atoms with Crippen LogP contribution < -0.4 is 10.5 Å². The summed E-state index contributed by atoms with van der Waals surface area (Å²) in [5, 5.41) is 7.65.